The van der Waals surface area contributed by atoms with Crippen LogP contribution in [0.3, 0.4) is 0 Å². The molecule has 0 spiro atoms. The summed E-state index contributed by atoms with van der Waals surface area (Å²) in [5.41, 5.74) is 8.56. The van der Waals surface area contributed by atoms with Gasteiger partial charge in [0.25, 0.3) is 0 Å². The lowest BCUT2D eigenvalue weighted by molar-refractivity contribution is 0.590. The molecule has 7 nitrogen and oxygen atoms in total. The summed E-state index contributed by atoms with van der Waals surface area (Å²) in [4.78, 5) is 0.270. The van der Waals surface area contributed by atoms with Crippen molar-refractivity contribution in [1.29, 1.82) is 0 Å². The van der Waals surface area contributed by atoms with Crippen molar-refractivity contribution in [1.82, 2.24) is 10.2 Å². The molecule has 25 heavy (non-hydrogen) atoms. The number of nitrogen functional groups attached to an aromatic ring is 1. The van der Waals surface area contributed by atoms with Crippen LogP contribution in [-0.4, -0.2) is 24.9 Å². The van der Waals surface area contributed by atoms with Crippen molar-refractivity contribution < 1.29 is 17.3 Å². The van der Waals surface area contributed by atoms with Gasteiger partial charge in [-0.05, 0) is 35.9 Å². The number of hydrogen-bond acceptors (Lipinski definition) is 7. The zero-order chi connectivity index (χ0) is 17.6. The minimum Gasteiger partial charge on any atom is -0.464 e. The molecule has 0 atom stereocenters. The first-order valence-corrected chi connectivity index (χ1v) is 9.22. The highest BCUT2D eigenvalue weighted by molar-refractivity contribution is 7.90. The van der Waals surface area contributed by atoms with Gasteiger partial charge in [-0.3, -0.25) is 0 Å². The highest BCUT2D eigenvalue weighted by Crippen LogP contribution is 2.34. The van der Waals surface area contributed by atoms with E-state index < -0.39 is 9.84 Å². The van der Waals surface area contributed by atoms with Gasteiger partial charge in [0.2, 0.25) is 5.89 Å². The second kappa shape index (κ2) is 5.45. The van der Waals surface area contributed by atoms with Gasteiger partial charge in [0.1, 0.15) is 5.58 Å². The van der Waals surface area contributed by atoms with Crippen molar-refractivity contribution in [3.63, 3.8) is 0 Å². The summed E-state index contributed by atoms with van der Waals surface area (Å²) >= 11 is 0. The van der Waals surface area contributed by atoms with Gasteiger partial charge in [-0.1, -0.05) is 17.2 Å². The molecule has 126 valence electrons. The first-order valence-electron chi connectivity index (χ1n) is 7.33. The van der Waals surface area contributed by atoms with Gasteiger partial charge in [-0.25, -0.2) is 8.42 Å². The first-order chi connectivity index (χ1) is 11.9. The number of nitrogens with zero attached hydrogens (tertiary/aromatic N) is 2. The fourth-order valence-electron chi connectivity index (χ4n) is 2.62. The molecule has 0 saturated heterocycles. The topological polar surface area (TPSA) is 112 Å². The second-order valence-corrected chi connectivity index (χ2v) is 7.62. The SMILES string of the molecule is CS(=O)(=O)c1ccc(-c2coc3ccc(-c4nnc(N)o4)cc23)cc1. The van der Waals surface area contributed by atoms with Crippen LogP contribution < -0.4 is 5.73 Å². The third-order valence-electron chi connectivity index (χ3n) is 3.85. The highest BCUT2D eigenvalue weighted by atomic mass is 32.2. The lowest BCUT2D eigenvalue weighted by atomic mass is 10.0. The molecule has 0 bridgehead atoms. The van der Waals surface area contributed by atoms with Crippen LogP contribution in [0.4, 0.5) is 6.01 Å². The largest absolute Gasteiger partial charge is 0.464 e. The van der Waals surface area contributed by atoms with Gasteiger partial charge >= 0.3 is 6.01 Å². The van der Waals surface area contributed by atoms with Crippen LogP contribution in [0, 0.1) is 0 Å². The Morgan fingerprint density at radius 2 is 1.72 bits per heavy atom. The summed E-state index contributed by atoms with van der Waals surface area (Å²) < 4.78 is 34.0. The van der Waals surface area contributed by atoms with E-state index in [1.54, 1.807) is 42.7 Å². The van der Waals surface area contributed by atoms with E-state index in [1.165, 1.54) is 6.26 Å². The molecule has 0 unspecified atom stereocenters. The van der Waals surface area contributed by atoms with E-state index in [2.05, 4.69) is 10.2 Å². The number of furan rings is 1. The molecule has 4 rings (SSSR count). The number of sulfone groups is 1. The molecule has 8 heteroatoms. The van der Waals surface area contributed by atoms with Gasteiger partial charge < -0.3 is 14.6 Å². The van der Waals surface area contributed by atoms with Crippen LogP contribution in [0.5, 0.6) is 0 Å². The van der Waals surface area contributed by atoms with Crippen molar-refractivity contribution >= 4 is 26.8 Å². The summed E-state index contributed by atoms with van der Waals surface area (Å²) in [6.07, 6.45) is 2.81. The third kappa shape index (κ3) is 2.76. The van der Waals surface area contributed by atoms with Crippen molar-refractivity contribution in [3.05, 3.63) is 48.7 Å². The van der Waals surface area contributed by atoms with Crippen LogP contribution in [0.2, 0.25) is 0 Å². The Bertz CT molecular complexity index is 1170. The molecule has 0 aliphatic carbocycles. The first kappa shape index (κ1) is 15.4. The molecule has 0 radical (unpaired) electrons. The molecule has 2 heterocycles. The van der Waals surface area contributed by atoms with Crippen LogP contribution >= 0.6 is 0 Å². The molecule has 2 aromatic heterocycles. The van der Waals surface area contributed by atoms with E-state index in [0.29, 0.717) is 17.0 Å². The molecule has 4 aromatic rings. The number of rotatable bonds is 3. The van der Waals surface area contributed by atoms with Crippen LogP contribution in [0.25, 0.3) is 33.6 Å². The number of fused-ring (bicyclic) bond motifs is 1. The summed E-state index contributed by atoms with van der Waals surface area (Å²) in [5, 5.41) is 8.38. The Morgan fingerprint density at radius 1 is 1.00 bits per heavy atom. The predicted octanol–water partition coefficient (Wildman–Crippen LogP) is 3.14. The summed E-state index contributed by atoms with van der Waals surface area (Å²) in [6.45, 7) is 0. The van der Waals surface area contributed by atoms with Crippen molar-refractivity contribution in [3.8, 4) is 22.6 Å². The van der Waals surface area contributed by atoms with E-state index >= 15 is 0 Å². The number of aromatic nitrogens is 2. The van der Waals surface area contributed by atoms with E-state index in [4.69, 9.17) is 14.6 Å². The zero-order valence-electron chi connectivity index (χ0n) is 13.1. The van der Waals surface area contributed by atoms with Crippen LogP contribution in [-0.2, 0) is 9.84 Å². The molecule has 0 aliphatic rings. The number of anilines is 1. The Hall–Kier alpha value is -3.13. The molecule has 0 saturated carbocycles. The highest BCUT2D eigenvalue weighted by Gasteiger charge is 2.13. The van der Waals surface area contributed by atoms with E-state index in [9.17, 15) is 8.42 Å². The molecular formula is C17H13N3O4S. The fraction of sp³-hybridized carbons (Fsp3) is 0.0588. The van der Waals surface area contributed by atoms with Gasteiger partial charge in [0.15, 0.2) is 9.84 Å². The Balaban J connectivity index is 1.82. The van der Waals surface area contributed by atoms with E-state index in [-0.39, 0.29) is 10.9 Å². The van der Waals surface area contributed by atoms with Gasteiger partial charge in [0.05, 0.1) is 11.2 Å². The van der Waals surface area contributed by atoms with Crippen LogP contribution in [0.15, 0.2) is 62.5 Å². The molecule has 0 aliphatic heterocycles. The fourth-order valence-corrected chi connectivity index (χ4v) is 3.25. The van der Waals surface area contributed by atoms with Crippen molar-refractivity contribution in [2.45, 2.75) is 4.90 Å². The van der Waals surface area contributed by atoms with Crippen molar-refractivity contribution in [2.24, 2.45) is 0 Å². The average Bonchev–Trinajstić information content (AvgIpc) is 3.19. The van der Waals surface area contributed by atoms with Gasteiger partial charge in [-0.15, -0.1) is 5.10 Å². The Kier molecular flexibility index (Phi) is 3.36. The van der Waals surface area contributed by atoms with Gasteiger partial charge in [0, 0.05) is 22.8 Å². The predicted molar refractivity (Wildman–Crippen MR) is 92.5 cm³/mol. The zero-order valence-corrected chi connectivity index (χ0v) is 13.9. The quantitative estimate of drug-likeness (QED) is 0.600. The van der Waals surface area contributed by atoms with E-state index in [1.807, 2.05) is 6.07 Å². The maximum absolute atomic E-state index is 11.6. The summed E-state index contributed by atoms with van der Waals surface area (Å²) in [6, 6.07) is 12.1. The number of hydrogen-bond donors (Lipinski definition) is 1. The molecule has 2 N–H and O–H groups in total. The maximum atomic E-state index is 11.6. The van der Waals surface area contributed by atoms with Gasteiger partial charge in [-0.2, -0.15) is 0 Å². The standard InChI is InChI=1S/C17H13N3O4S/c1-25(21,22)12-5-2-10(3-6-12)14-9-23-15-7-4-11(8-13(14)15)16-19-20-17(18)24-16/h2-9H,1H3,(H2,18,20). The van der Waals surface area contributed by atoms with E-state index in [0.717, 1.165) is 16.5 Å². The summed E-state index contributed by atoms with van der Waals surface area (Å²) in [7, 11) is -3.23. The molecular weight excluding hydrogens is 342 g/mol. The van der Waals surface area contributed by atoms with Crippen molar-refractivity contribution in [2.75, 3.05) is 12.0 Å². The lowest BCUT2D eigenvalue weighted by Crippen LogP contribution is -1.96. The minimum absolute atomic E-state index is 0.00104. The molecule has 2 aromatic carbocycles. The Morgan fingerprint density at radius 3 is 2.36 bits per heavy atom. The summed E-state index contributed by atoms with van der Waals surface area (Å²) in [5.74, 6) is 0.318. The molecule has 0 amide bonds. The second-order valence-electron chi connectivity index (χ2n) is 5.60. The van der Waals surface area contributed by atoms with Crippen LogP contribution in [0.1, 0.15) is 0 Å². The average molecular weight is 355 g/mol. The smallest absolute Gasteiger partial charge is 0.313 e. The molecule has 0 fully saturated rings. The Labute approximate surface area is 143 Å². The number of nitrogens with two attached hydrogens (primary N) is 1. The lowest BCUT2D eigenvalue weighted by Gasteiger charge is -2.02. The third-order valence-corrected chi connectivity index (χ3v) is 4.98. The number of benzene rings is 2. The maximum Gasteiger partial charge on any atom is 0.313 e. The minimum atomic E-state index is -3.23. The monoisotopic (exact) mass is 355 g/mol. The normalized spacial score (nSPS) is 11.9.